The maximum absolute atomic E-state index is 12.3. The van der Waals surface area contributed by atoms with Crippen LogP contribution < -0.4 is 15.4 Å². The van der Waals surface area contributed by atoms with E-state index in [0.29, 0.717) is 13.1 Å². The van der Waals surface area contributed by atoms with Crippen molar-refractivity contribution in [3.05, 3.63) is 48.3 Å². The van der Waals surface area contributed by atoms with Gasteiger partial charge < -0.3 is 20.3 Å². The summed E-state index contributed by atoms with van der Waals surface area (Å²) in [7, 11) is 1.66. The van der Waals surface area contributed by atoms with Crippen LogP contribution in [-0.4, -0.2) is 54.1 Å². The zero-order chi connectivity index (χ0) is 17.6. The Balaban J connectivity index is 1.54. The molecule has 7 nitrogen and oxygen atoms in total. The number of piperazine rings is 1. The van der Waals surface area contributed by atoms with Crippen LogP contribution in [0.15, 0.2) is 42.7 Å². The zero-order valence-corrected chi connectivity index (χ0v) is 14.1. The first-order chi connectivity index (χ1) is 12.2. The fourth-order valence-corrected chi connectivity index (χ4v) is 2.69. The van der Waals surface area contributed by atoms with Crippen molar-refractivity contribution in [3.63, 3.8) is 0 Å². The van der Waals surface area contributed by atoms with Gasteiger partial charge >= 0.3 is 0 Å². The van der Waals surface area contributed by atoms with Crippen LogP contribution in [0.25, 0.3) is 6.08 Å². The molecule has 25 heavy (non-hydrogen) atoms. The smallest absolute Gasteiger partial charge is 0.246 e. The van der Waals surface area contributed by atoms with Crippen molar-refractivity contribution < 1.29 is 9.53 Å². The number of aromatic nitrogens is 2. The number of nitrogens with zero attached hydrogens (tertiary/aromatic N) is 4. The van der Waals surface area contributed by atoms with Crippen LogP contribution in [0.2, 0.25) is 0 Å². The van der Waals surface area contributed by atoms with Gasteiger partial charge in [-0.2, -0.15) is 0 Å². The fourth-order valence-electron chi connectivity index (χ4n) is 2.69. The Morgan fingerprint density at radius 3 is 2.36 bits per heavy atom. The van der Waals surface area contributed by atoms with E-state index < -0.39 is 0 Å². The number of nitrogens with two attached hydrogens (primary N) is 1. The lowest BCUT2D eigenvalue weighted by atomic mass is 10.2. The number of carbonyl (C=O) groups excluding carboxylic acids is 1. The number of rotatable bonds is 4. The average molecular weight is 339 g/mol. The van der Waals surface area contributed by atoms with E-state index >= 15 is 0 Å². The van der Waals surface area contributed by atoms with Crippen molar-refractivity contribution >= 4 is 23.6 Å². The molecule has 0 radical (unpaired) electrons. The maximum atomic E-state index is 12.3. The Hall–Kier alpha value is -3.09. The van der Waals surface area contributed by atoms with Crippen LogP contribution in [0.4, 0.5) is 11.6 Å². The minimum Gasteiger partial charge on any atom is -0.497 e. The Labute approximate surface area is 146 Å². The summed E-state index contributed by atoms with van der Waals surface area (Å²) in [6.07, 6.45) is 6.44. The highest BCUT2D eigenvalue weighted by Gasteiger charge is 2.19. The van der Waals surface area contributed by atoms with E-state index in [-0.39, 0.29) is 11.9 Å². The van der Waals surface area contributed by atoms with Gasteiger partial charge in [-0.25, -0.2) is 9.97 Å². The van der Waals surface area contributed by atoms with Crippen LogP contribution in [0, 0.1) is 0 Å². The van der Waals surface area contributed by atoms with Gasteiger partial charge in [0.25, 0.3) is 0 Å². The first-order valence-electron chi connectivity index (χ1n) is 8.09. The lowest BCUT2D eigenvalue weighted by Crippen LogP contribution is -2.48. The van der Waals surface area contributed by atoms with Crippen molar-refractivity contribution in [1.82, 2.24) is 14.9 Å². The molecule has 1 fully saturated rings. The Morgan fingerprint density at radius 1 is 1.12 bits per heavy atom. The minimum atomic E-state index is -0.00814. The topological polar surface area (TPSA) is 84.6 Å². The number of hydrogen-bond acceptors (Lipinski definition) is 6. The molecule has 0 bridgehead atoms. The average Bonchev–Trinajstić information content (AvgIpc) is 2.67. The molecule has 130 valence electrons. The number of carbonyl (C=O) groups is 1. The van der Waals surface area contributed by atoms with E-state index in [4.69, 9.17) is 10.5 Å². The number of benzene rings is 1. The van der Waals surface area contributed by atoms with E-state index in [1.165, 1.54) is 0 Å². The molecule has 1 aromatic carbocycles. The number of nitrogen functional groups attached to an aromatic ring is 1. The van der Waals surface area contributed by atoms with Gasteiger partial charge in [0.15, 0.2) is 0 Å². The summed E-state index contributed by atoms with van der Waals surface area (Å²) in [4.78, 5) is 24.2. The first-order valence-corrected chi connectivity index (χ1v) is 8.09. The standard InChI is InChI=1S/C18H21N5O2/c1-25-16-5-3-15(4-6-16)22-8-10-23(11-9-22)17(24)7-2-14-12-20-18(19)21-13-14/h2-7,12-13H,8-11H2,1H3,(H2,19,20,21)/b7-2+. The van der Waals surface area contributed by atoms with Crippen LogP contribution in [-0.2, 0) is 4.79 Å². The predicted octanol–water partition coefficient (Wildman–Crippen LogP) is 1.43. The lowest BCUT2D eigenvalue weighted by molar-refractivity contribution is -0.126. The second-order valence-corrected chi connectivity index (χ2v) is 5.72. The Kier molecular flexibility index (Phi) is 5.13. The predicted molar refractivity (Wildman–Crippen MR) is 97.3 cm³/mol. The van der Waals surface area contributed by atoms with Crippen LogP contribution in [0.1, 0.15) is 5.56 Å². The summed E-state index contributed by atoms with van der Waals surface area (Å²) < 4.78 is 5.18. The number of anilines is 2. The normalized spacial score (nSPS) is 14.8. The minimum absolute atomic E-state index is 0.00814. The third-order valence-corrected chi connectivity index (χ3v) is 4.14. The summed E-state index contributed by atoms with van der Waals surface area (Å²) >= 11 is 0. The number of methoxy groups -OCH3 is 1. The highest BCUT2D eigenvalue weighted by atomic mass is 16.5. The van der Waals surface area contributed by atoms with E-state index in [2.05, 4.69) is 14.9 Å². The molecule has 0 unspecified atom stereocenters. The van der Waals surface area contributed by atoms with Crippen molar-refractivity contribution in [1.29, 1.82) is 0 Å². The van der Waals surface area contributed by atoms with Gasteiger partial charge in [0.1, 0.15) is 5.75 Å². The molecule has 1 aliphatic rings. The fraction of sp³-hybridized carbons (Fsp3) is 0.278. The molecule has 2 heterocycles. The third kappa shape index (κ3) is 4.26. The molecule has 1 amide bonds. The second kappa shape index (κ2) is 7.65. The molecule has 2 aromatic rings. The van der Waals surface area contributed by atoms with Gasteiger partial charge in [0.05, 0.1) is 7.11 Å². The van der Waals surface area contributed by atoms with Gasteiger partial charge in [-0.1, -0.05) is 0 Å². The molecule has 0 atom stereocenters. The summed E-state index contributed by atoms with van der Waals surface area (Å²) in [5, 5.41) is 0. The molecule has 1 saturated heterocycles. The quantitative estimate of drug-likeness (QED) is 0.848. The Bertz CT molecular complexity index is 735. The van der Waals surface area contributed by atoms with Crippen molar-refractivity contribution in [2.24, 2.45) is 0 Å². The largest absolute Gasteiger partial charge is 0.497 e. The number of ether oxygens (including phenoxy) is 1. The number of hydrogen-bond donors (Lipinski definition) is 1. The van der Waals surface area contributed by atoms with Crippen molar-refractivity contribution in [2.75, 3.05) is 43.9 Å². The monoisotopic (exact) mass is 339 g/mol. The molecule has 0 spiro atoms. The van der Waals surface area contributed by atoms with Crippen molar-refractivity contribution in [2.45, 2.75) is 0 Å². The van der Waals surface area contributed by atoms with Crippen LogP contribution in [0.3, 0.4) is 0 Å². The van der Waals surface area contributed by atoms with Crippen LogP contribution in [0.5, 0.6) is 5.75 Å². The van der Waals surface area contributed by atoms with E-state index in [9.17, 15) is 4.79 Å². The molecule has 3 rings (SSSR count). The lowest BCUT2D eigenvalue weighted by Gasteiger charge is -2.35. The highest BCUT2D eigenvalue weighted by molar-refractivity contribution is 5.91. The van der Waals surface area contributed by atoms with Gasteiger partial charge in [-0.3, -0.25) is 4.79 Å². The van der Waals surface area contributed by atoms with E-state index in [1.807, 2.05) is 29.2 Å². The van der Waals surface area contributed by atoms with Gasteiger partial charge in [0, 0.05) is 55.9 Å². The third-order valence-electron chi connectivity index (χ3n) is 4.14. The van der Waals surface area contributed by atoms with Crippen molar-refractivity contribution in [3.8, 4) is 5.75 Å². The SMILES string of the molecule is COc1ccc(N2CCN(C(=O)/C=C/c3cnc(N)nc3)CC2)cc1. The summed E-state index contributed by atoms with van der Waals surface area (Å²) in [6.45, 7) is 2.98. The molecule has 0 saturated carbocycles. The highest BCUT2D eigenvalue weighted by Crippen LogP contribution is 2.20. The molecule has 7 heteroatoms. The van der Waals surface area contributed by atoms with Gasteiger partial charge in [0.2, 0.25) is 11.9 Å². The van der Waals surface area contributed by atoms with Gasteiger partial charge in [-0.05, 0) is 30.3 Å². The molecule has 1 aliphatic heterocycles. The molecule has 2 N–H and O–H groups in total. The van der Waals surface area contributed by atoms with Crippen LogP contribution >= 0.6 is 0 Å². The zero-order valence-electron chi connectivity index (χ0n) is 14.1. The summed E-state index contributed by atoms with van der Waals surface area (Å²) in [5.41, 5.74) is 7.33. The summed E-state index contributed by atoms with van der Waals surface area (Å²) in [5.74, 6) is 1.05. The Morgan fingerprint density at radius 2 is 1.76 bits per heavy atom. The molecule has 1 aromatic heterocycles. The molecular formula is C18H21N5O2. The van der Waals surface area contributed by atoms with Gasteiger partial charge in [-0.15, -0.1) is 0 Å². The van der Waals surface area contributed by atoms with E-state index in [0.717, 1.165) is 30.1 Å². The first kappa shape index (κ1) is 16.8. The second-order valence-electron chi connectivity index (χ2n) is 5.72. The maximum Gasteiger partial charge on any atom is 0.246 e. The molecule has 0 aliphatic carbocycles. The summed E-state index contributed by atoms with van der Waals surface area (Å²) in [6, 6.07) is 7.98. The number of amides is 1. The van der Waals surface area contributed by atoms with E-state index in [1.54, 1.807) is 31.7 Å². The molecular weight excluding hydrogens is 318 g/mol.